The second-order valence-electron chi connectivity index (χ2n) is 7.70. The van der Waals surface area contributed by atoms with Crippen molar-refractivity contribution in [1.82, 2.24) is 15.0 Å². The van der Waals surface area contributed by atoms with E-state index in [1.807, 2.05) is 37.4 Å². The molecule has 0 spiro atoms. The zero-order chi connectivity index (χ0) is 21.8. The van der Waals surface area contributed by atoms with Crippen molar-refractivity contribution in [2.24, 2.45) is 5.73 Å². The highest BCUT2D eigenvalue weighted by molar-refractivity contribution is 7.15. The van der Waals surface area contributed by atoms with Gasteiger partial charge in [-0.15, -0.1) is 11.3 Å². The number of nitrogens with two attached hydrogens (primary N) is 1. The maximum atomic E-state index is 13.6. The highest BCUT2D eigenvalue weighted by atomic mass is 32.1. The van der Waals surface area contributed by atoms with E-state index in [9.17, 15) is 4.39 Å². The Balaban J connectivity index is 1.51. The van der Waals surface area contributed by atoms with Gasteiger partial charge < -0.3 is 10.5 Å². The number of benzene rings is 1. The smallest absolute Gasteiger partial charge is 0.213 e. The molecule has 0 unspecified atom stereocenters. The molecule has 0 saturated heterocycles. The second kappa shape index (κ2) is 9.60. The maximum Gasteiger partial charge on any atom is 0.213 e. The molecule has 3 aromatic heterocycles. The number of aryl methyl sites for hydroxylation is 2. The Morgan fingerprint density at radius 1 is 1.10 bits per heavy atom. The Morgan fingerprint density at radius 3 is 2.74 bits per heavy atom. The van der Waals surface area contributed by atoms with E-state index in [0.717, 1.165) is 62.4 Å². The lowest BCUT2D eigenvalue weighted by Crippen LogP contribution is -2.23. The summed E-state index contributed by atoms with van der Waals surface area (Å²) in [6.07, 6.45) is 5.87. The third-order valence-corrected chi connectivity index (χ3v) is 6.38. The number of hydrogen-bond acceptors (Lipinski definition) is 6. The lowest BCUT2D eigenvalue weighted by molar-refractivity contribution is 0.182. The Labute approximate surface area is 185 Å². The summed E-state index contributed by atoms with van der Waals surface area (Å²) in [6.45, 7) is 2.40. The van der Waals surface area contributed by atoms with Crippen LogP contribution in [-0.4, -0.2) is 28.1 Å². The molecule has 31 heavy (non-hydrogen) atoms. The molecular formula is C24H25FN4OS. The largest absolute Gasteiger partial charge is 0.378 e. The highest BCUT2D eigenvalue weighted by Gasteiger charge is 2.15. The molecule has 4 aromatic rings. The summed E-state index contributed by atoms with van der Waals surface area (Å²) in [6, 6.07) is 11.5. The van der Waals surface area contributed by atoms with Crippen LogP contribution in [0.1, 0.15) is 28.4 Å². The maximum absolute atomic E-state index is 13.6. The standard InChI is InChI=1S/C24H25FN4OS/c1-15-3-4-16(12-27-15)9-20(26)7-8-23-29-21(14-30-2)24(31-23)17-5-6-18-13-28-22(25)11-19(18)10-17/h3-6,10-13,20H,7-9,14,26H2,1-2H3/t20-/m1/s1. The molecule has 0 amide bonds. The van der Waals surface area contributed by atoms with Crippen LogP contribution in [0.4, 0.5) is 4.39 Å². The Kier molecular flexibility index (Phi) is 6.65. The van der Waals surface area contributed by atoms with Crippen LogP contribution in [-0.2, 0) is 24.2 Å². The van der Waals surface area contributed by atoms with E-state index >= 15 is 0 Å². The molecule has 7 heteroatoms. The van der Waals surface area contributed by atoms with Gasteiger partial charge in [0.05, 0.1) is 22.2 Å². The number of hydrogen-bond donors (Lipinski definition) is 1. The summed E-state index contributed by atoms with van der Waals surface area (Å²) in [5, 5.41) is 2.75. The highest BCUT2D eigenvalue weighted by Crippen LogP contribution is 2.33. The van der Waals surface area contributed by atoms with Crippen molar-refractivity contribution in [3.63, 3.8) is 0 Å². The van der Waals surface area contributed by atoms with Crippen molar-refractivity contribution in [1.29, 1.82) is 0 Å². The van der Waals surface area contributed by atoms with Gasteiger partial charge in [0.1, 0.15) is 0 Å². The zero-order valence-corrected chi connectivity index (χ0v) is 18.5. The van der Waals surface area contributed by atoms with Crippen molar-refractivity contribution in [3.05, 3.63) is 76.7 Å². The van der Waals surface area contributed by atoms with Crippen LogP contribution in [0.25, 0.3) is 21.2 Å². The lowest BCUT2D eigenvalue weighted by atomic mass is 10.0. The normalized spacial score (nSPS) is 12.4. The molecule has 1 aromatic carbocycles. The van der Waals surface area contributed by atoms with Gasteiger partial charge in [-0.3, -0.25) is 4.98 Å². The van der Waals surface area contributed by atoms with Gasteiger partial charge >= 0.3 is 0 Å². The van der Waals surface area contributed by atoms with E-state index in [1.54, 1.807) is 24.6 Å². The average molecular weight is 437 g/mol. The van der Waals surface area contributed by atoms with Crippen molar-refractivity contribution in [2.75, 3.05) is 7.11 Å². The van der Waals surface area contributed by atoms with Crippen molar-refractivity contribution < 1.29 is 9.13 Å². The van der Waals surface area contributed by atoms with Gasteiger partial charge in [-0.1, -0.05) is 18.2 Å². The molecule has 0 fully saturated rings. The first-order valence-corrected chi connectivity index (χ1v) is 11.0. The van der Waals surface area contributed by atoms with E-state index in [0.29, 0.717) is 6.61 Å². The summed E-state index contributed by atoms with van der Waals surface area (Å²) in [5.41, 5.74) is 10.4. The molecule has 0 bridgehead atoms. The van der Waals surface area contributed by atoms with Gasteiger partial charge in [-0.25, -0.2) is 9.97 Å². The van der Waals surface area contributed by atoms with E-state index in [1.165, 1.54) is 6.07 Å². The number of thiazole rings is 1. The minimum Gasteiger partial charge on any atom is -0.378 e. The van der Waals surface area contributed by atoms with Gasteiger partial charge in [0.15, 0.2) is 0 Å². The SMILES string of the molecule is COCc1nc(CC[C@@H](N)Cc2ccc(C)nc2)sc1-c1ccc2cnc(F)cc2c1. The van der Waals surface area contributed by atoms with Crippen LogP contribution in [0.3, 0.4) is 0 Å². The van der Waals surface area contributed by atoms with E-state index in [-0.39, 0.29) is 6.04 Å². The molecule has 0 saturated carbocycles. The number of aromatic nitrogens is 3. The van der Waals surface area contributed by atoms with Gasteiger partial charge in [-0.05, 0) is 48.4 Å². The van der Waals surface area contributed by atoms with Crippen molar-refractivity contribution in [2.45, 2.75) is 38.8 Å². The third kappa shape index (κ3) is 5.31. The second-order valence-corrected chi connectivity index (χ2v) is 8.78. The quantitative estimate of drug-likeness (QED) is 0.400. The zero-order valence-electron chi connectivity index (χ0n) is 17.6. The van der Waals surface area contributed by atoms with Crippen LogP contribution in [0, 0.1) is 12.9 Å². The van der Waals surface area contributed by atoms with Gasteiger partial charge in [0.2, 0.25) is 5.95 Å². The first kappa shape index (κ1) is 21.5. The van der Waals surface area contributed by atoms with Gasteiger partial charge in [-0.2, -0.15) is 4.39 Å². The van der Waals surface area contributed by atoms with E-state index in [4.69, 9.17) is 15.5 Å². The molecule has 5 nitrogen and oxygen atoms in total. The molecule has 1 atom stereocenters. The summed E-state index contributed by atoms with van der Waals surface area (Å²) < 4.78 is 18.9. The third-order valence-electron chi connectivity index (χ3n) is 5.17. The van der Waals surface area contributed by atoms with E-state index < -0.39 is 5.95 Å². The Morgan fingerprint density at radius 2 is 1.97 bits per heavy atom. The number of halogens is 1. The van der Waals surface area contributed by atoms with Gasteiger partial charge in [0, 0.05) is 49.1 Å². The van der Waals surface area contributed by atoms with Crippen molar-refractivity contribution >= 4 is 22.1 Å². The predicted octanol–water partition coefficient (Wildman–Crippen LogP) is 4.85. The van der Waals surface area contributed by atoms with Crippen LogP contribution in [0.15, 0.2) is 48.8 Å². The van der Waals surface area contributed by atoms with E-state index in [2.05, 4.69) is 16.0 Å². The minimum absolute atomic E-state index is 0.0406. The molecular weight excluding hydrogens is 411 g/mol. The van der Waals surface area contributed by atoms with Crippen LogP contribution in [0.5, 0.6) is 0 Å². The number of methoxy groups -OCH3 is 1. The van der Waals surface area contributed by atoms with Crippen LogP contribution < -0.4 is 5.73 Å². The van der Waals surface area contributed by atoms with Crippen molar-refractivity contribution in [3.8, 4) is 10.4 Å². The summed E-state index contributed by atoms with van der Waals surface area (Å²) in [4.78, 5) is 13.9. The number of pyridine rings is 2. The molecule has 4 rings (SSSR count). The number of fused-ring (bicyclic) bond motifs is 1. The number of rotatable bonds is 8. The monoisotopic (exact) mass is 436 g/mol. The summed E-state index contributed by atoms with van der Waals surface area (Å²) in [7, 11) is 1.66. The van der Waals surface area contributed by atoms with Crippen LogP contribution in [0.2, 0.25) is 0 Å². The topological polar surface area (TPSA) is 73.9 Å². The minimum atomic E-state index is -0.482. The molecule has 160 valence electrons. The molecule has 0 aliphatic heterocycles. The fourth-order valence-electron chi connectivity index (χ4n) is 3.56. The molecule has 2 N–H and O–H groups in total. The fraction of sp³-hybridized carbons (Fsp3) is 0.292. The lowest BCUT2D eigenvalue weighted by Gasteiger charge is -2.10. The van der Waals surface area contributed by atoms with Gasteiger partial charge in [0.25, 0.3) is 0 Å². The average Bonchev–Trinajstić information content (AvgIpc) is 3.16. The number of ether oxygens (including phenoxy) is 1. The Bertz CT molecular complexity index is 1180. The number of nitrogens with zero attached hydrogens (tertiary/aromatic N) is 3. The molecule has 0 aliphatic carbocycles. The fourth-order valence-corrected chi connectivity index (χ4v) is 4.63. The predicted molar refractivity (Wildman–Crippen MR) is 122 cm³/mol. The molecule has 3 heterocycles. The first-order valence-electron chi connectivity index (χ1n) is 10.2. The van der Waals surface area contributed by atoms with Crippen LogP contribution >= 0.6 is 11.3 Å². The Hall–Kier alpha value is -2.74. The summed E-state index contributed by atoms with van der Waals surface area (Å²) >= 11 is 1.65. The first-order chi connectivity index (χ1) is 15.0. The molecule has 0 radical (unpaired) electrons. The summed E-state index contributed by atoms with van der Waals surface area (Å²) in [5.74, 6) is -0.482. The molecule has 0 aliphatic rings.